The second-order valence-corrected chi connectivity index (χ2v) is 14.9. The van der Waals surface area contributed by atoms with Gasteiger partial charge >= 0.3 is 0 Å². The Morgan fingerprint density at radius 1 is 1.03 bits per heavy atom. The summed E-state index contributed by atoms with van der Waals surface area (Å²) in [5, 5.41) is 2.85. The van der Waals surface area contributed by atoms with Gasteiger partial charge in [-0.1, -0.05) is 63.2 Å². The first-order valence-electron chi connectivity index (χ1n) is 11.1. The van der Waals surface area contributed by atoms with Crippen LogP contribution in [0.1, 0.15) is 58.2 Å². The molecule has 5 nitrogen and oxygen atoms in total. The maximum atomic E-state index is 13.7. The number of hydrogen-bond donors (Lipinski definition) is 0. The fourth-order valence-corrected chi connectivity index (χ4v) is 5.36. The molecule has 0 amide bonds. The zero-order chi connectivity index (χ0) is 22.6. The smallest absolute Gasteiger partial charge is 0.280 e. The van der Waals surface area contributed by atoms with Gasteiger partial charge in [0.15, 0.2) is 14.1 Å². The normalized spacial score (nSPS) is 20.2. The highest BCUT2D eigenvalue weighted by Crippen LogP contribution is 2.43. The van der Waals surface area contributed by atoms with Gasteiger partial charge in [0, 0.05) is 0 Å². The minimum absolute atomic E-state index is 0.0310. The molecular formula is C25H33N3O2Si. The molecule has 1 aromatic heterocycles. The predicted molar refractivity (Wildman–Crippen MR) is 130 cm³/mol. The maximum absolute atomic E-state index is 13.7. The summed E-state index contributed by atoms with van der Waals surface area (Å²) >= 11 is 0. The third-order valence-corrected chi connectivity index (χ3v) is 11.4. The third-order valence-electron chi connectivity index (χ3n) is 6.86. The van der Waals surface area contributed by atoms with Crippen LogP contribution < -0.4 is 10.6 Å². The van der Waals surface area contributed by atoms with E-state index in [-0.39, 0.29) is 28.8 Å². The van der Waals surface area contributed by atoms with Gasteiger partial charge < -0.3 is 4.43 Å². The molecular weight excluding hydrogens is 402 g/mol. The molecule has 0 N–H and O–H groups in total. The van der Waals surface area contributed by atoms with Crippen LogP contribution in [0.3, 0.4) is 0 Å². The molecule has 0 aliphatic carbocycles. The average Bonchev–Trinajstić information content (AvgIpc) is 3.37. The van der Waals surface area contributed by atoms with Gasteiger partial charge in [-0.05, 0) is 49.7 Å². The lowest BCUT2D eigenvalue weighted by atomic mass is 10.1. The highest BCUT2D eigenvalue weighted by Gasteiger charge is 2.48. The second kappa shape index (κ2) is 7.60. The van der Waals surface area contributed by atoms with Gasteiger partial charge in [0.25, 0.3) is 5.56 Å². The van der Waals surface area contributed by atoms with Crippen LogP contribution in [-0.2, 0) is 4.43 Å². The molecule has 1 saturated heterocycles. The van der Waals surface area contributed by atoms with Crippen LogP contribution in [-0.4, -0.2) is 24.0 Å². The van der Waals surface area contributed by atoms with Crippen LogP contribution in [0.5, 0.6) is 0 Å². The maximum Gasteiger partial charge on any atom is 0.280 e. The van der Waals surface area contributed by atoms with Crippen LogP contribution in [0.4, 0.5) is 0 Å². The second-order valence-electron chi connectivity index (χ2n) is 10.1. The Balaban J connectivity index is 1.83. The molecule has 0 bridgehead atoms. The van der Waals surface area contributed by atoms with E-state index in [1.165, 1.54) is 5.56 Å². The molecule has 3 aromatic rings. The lowest BCUT2D eigenvalue weighted by molar-refractivity contribution is 0.188. The van der Waals surface area contributed by atoms with E-state index in [1.54, 1.807) is 4.68 Å². The van der Waals surface area contributed by atoms with E-state index < -0.39 is 8.32 Å². The van der Waals surface area contributed by atoms with Crippen LogP contribution in [0.15, 0.2) is 59.4 Å². The quantitative estimate of drug-likeness (QED) is 0.389. The molecule has 31 heavy (non-hydrogen) atoms. The summed E-state index contributed by atoms with van der Waals surface area (Å²) in [6.45, 7) is 15.3. The van der Waals surface area contributed by atoms with E-state index in [9.17, 15) is 4.79 Å². The molecule has 0 spiro atoms. The minimum atomic E-state index is -2.04. The summed E-state index contributed by atoms with van der Waals surface area (Å²) in [4.78, 5) is 18.6. The van der Waals surface area contributed by atoms with E-state index in [0.29, 0.717) is 11.2 Å². The zero-order valence-electron chi connectivity index (χ0n) is 19.6. The monoisotopic (exact) mass is 435 g/mol. The minimum Gasteiger partial charge on any atom is -0.407 e. The molecule has 6 heteroatoms. The van der Waals surface area contributed by atoms with E-state index in [4.69, 9.17) is 9.41 Å². The Morgan fingerprint density at radius 2 is 1.65 bits per heavy atom. The first-order chi connectivity index (χ1) is 14.5. The molecule has 4 rings (SSSR count). The van der Waals surface area contributed by atoms with Crippen molar-refractivity contribution in [1.82, 2.24) is 9.66 Å². The first kappa shape index (κ1) is 21.8. The highest BCUT2D eigenvalue weighted by molar-refractivity contribution is 6.74. The number of para-hydroxylation sites is 1. The Kier molecular flexibility index (Phi) is 5.34. The van der Waals surface area contributed by atoms with Crippen LogP contribution in [0.25, 0.3) is 10.9 Å². The average molecular weight is 436 g/mol. The van der Waals surface area contributed by atoms with Crippen molar-refractivity contribution < 1.29 is 4.43 Å². The van der Waals surface area contributed by atoms with Crippen molar-refractivity contribution in [2.45, 2.75) is 70.9 Å². The summed E-state index contributed by atoms with van der Waals surface area (Å²) in [5.74, 6) is 0.679. The Labute approximate surface area is 185 Å². The van der Waals surface area contributed by atoms with Gasteiger partial charge in [0.1, 0.15) is 6.10 Å². The number of fused-ring (bicyclic) bond motifs is 1. The predicted octanol–water partition coefficient (Wildman–Crippen LogP) is 5.56. The van der Waals surface area contributed by atoms with Crippen LogP contribution in [0.2, 0.25) is 18.1 Å². The molecule has 2 aromatic carbocycles. The molecule has 164 valence electrons. The number of hydrogen-bond acceptors (Lipinski definition) is 4. The third kappa shape index (κ3) is 3.83. The Bertz CT molecular complexity index is 1150. The molecule has 3 atom stereocenters. The number of rotatable bonds is 5. The lowest BCUT2D eigenvalue weighted by Crippen LogP contribution is -2.43. The van der Waals surface area contributed by atoms with Crippen molar-refractivity contribution >= 4 is 19.2 Å². The van der Waals surface area contributed by atoms with Gasteiger partial charge in [0.05, 0.1) is 23.0 Å². The largest absolute Gasteiger partial charge is 0.407 e. The summed E-state index contributed by atoms with van der Waals surface area (Å²) in [6.07, 6.45) is -0.289. The lowest BCUT2D eigenvalue weighted by Gasteiger charge is -2.38. The van der Waals surface area contributed by atoms with Gasteiger partial charge in [-0.3, -0.25) is 9.80 Å². The first-order valence-corrected chi connectivity index (χ1v) is 14.0. The van der Waals surface area contributed by atoms with Crippen LogP contribution in [0, 0.1) is 0 Å². The molecule has 1 fully saturated rings. The SMILES string of the molecule is C[C@H](O[Si](C)(C)C(C)(C)C)c1nc2ccccc2c(=O)n1N1[C@@H](C)[C@@H]1c1ccccc1. The van der Waals surface area contributed by atoms with Crippen molar-refractivity contribution in [3.63, 3.8) is 0 Å². The molecule has 0 unspecified atom stereocenters. The van der Waals surface area contributed by atoms with Crippen molar-refractivity contribution in [2.75, 3.05) is 5.01 Å². The van der Waals surface area contributed by atoms with Gasteiger partial charge in [-0.15, -0.1) is 0 Å². The Morgan fingerprint density at radius 3 is 2.29 bits per heavy atom. The molecule has 1 aliphatic rings. The zero-order valence-corrected chi connectivity index (χ0v) is 20.6. The standard InChI is InChI=1S/C25H33N3O2Si/c1-17-22(19-13-9-8-10-14-19)27(17)28-23(18(2)30-31(6,7)25(3,4)5)26-21-16-12-11-15-20(21)24(28)29/h8-18,22H,1-7H3/t17-,18-,22+,27?/m0/s1. The number of benzene rings is 2. The van der Waals surface area contributed by atoms with Gasteiger partial charge in [-0.25, -0.2) is 9.66 Å². The van der Waals surface area contributed by atoms with Crippen molar-refractivity contribution in [2.24, 2.45) is 0 Å². The summed E-state index contributed by atoms with van der Waals surface area (Å²) in [7, 11) is -2.04. The molecule has 0 radical (unpaired) electrons. The van der Waals surface area contributed by atoms with Crippen molar-refractivity contribution in [3.8, 4) is 0 Å². The van der Waals surface area contributed by atoms with Crippen molar-refractivity contribution in [1.29, 1.82) is 0 Å². The number of nitrogens with zero attached hydrogens (tertiary/aromatic N) is 3. The fourth-order valence-electron chi connectivity index (χ4n) is 4.02. The van der Waals surface area contributed by atoms with Crippen LogP contribution >= 0.6 is 0 Å². The topological polar surface area (TPSA) is 47.1 Å². The molecule has 1 aliphatic heterocycles. The summed E-state index contributed by atoms with van der Waals surface area (Å²) < 4.78 is 8.46. The highest BCUT2D eigenvalue weighted by atomic mass is 28.4. The fraction of sp³-hybridized carbons (Fsp3) is 0.440. The van der Waals surface area contributed by atoms with Crippen molar-refractivity contribution in [3.05, 3.63) is 76.3 Å². The van der Waals surface area contributed by atoms with Gasteiger partial charge in [-0.2, -0.15) is 0 Å². The molecule has 2 heterocycles. The van der Waals surface area contributed by atoms with Gasteiger partial charge in [0.2, 0.25) is 0 Å². The summed E-state index contributed by atoms with van der Waals surface area (Å²) in [5.41, 5.74) is 1.89. The van der Waals surface area contributed by atoms with E-state index >= 15 is 0 Å². The molecule has 0 saturated carbocycles. The number of aromatic nitrogens is 2. The van der Waals surface area contributed by atoms with E-state index in [0.717, 1.165) is 5.52 Å². The Hall–Kier alpha value is -2.44. The summed E-state index contributed by atoms with van der Waals surface area (Å²) in [6, 6.07) is 18.3. The van der Waals surface area contributed by atoms with E-state index in [2.05, 4.69) is 57.9 Å². The van der Waals surface area contributed by atoms with E-state index in [1.807, 2.05) is 49.4 Å².